The van der Waals surface area contributed by atoms with Gasteiger partial charge < -0.3 is 5.32 Å². The molecule has 0 fully saturated rings. The Labute approximate surface area is 149 Å². The van der Waals surface area contributed by atoms with Crippen LogP contribution in [0.3, 0.4) is 0 Å². The number of aromatic nitrogens is 2. The summed E-state index contributed by atoms with van der Waals surface area (Å²) in [6.45, 7) is 3.72. The lowest BCUT2D eigenvalue weighted by molar-refractivity contribution is -0.115. The molecule has 0 aliphatic carbocycles. The summed E-state index contributed by atoms with van der Waals surface area (Å²) in [4.78, 5) is 21.3. The number of nitrogens with zero attached hydrogens (tertiary/aromatic N) is 2. The van der Waals surface area contributed by atoms with Gasteiger partial charge in [0, 0.05) is 16.1 Å². The molecule has 24 heavy (non-hydrogen) atoms. The third kappa shape index (κ3) is 3.86. The van der Waals surface area contributed by atoms with E-state index in [4.69, 9.17) is 11.6 Å². The van der Waals surface area contributed by atoms with Gasteiger partial charge >= 0.3 is 0 Å². The Hall–Kier alpha value is -2.11. The number of thioether (sulfide) groups is 1. The van der Waals surface area contributed by atoms with Crippen molar-refractivity contribution in [3.63, 3.8) is 0 Å². The van der Waals surface area contributed by atoms with Crippen LogP contribution < -0.4 is 5.32 Å². The molecule has 0 aliphatic heterocycles. The van der Waals surface area contributed by atoms with Crippen molar-refractivity contribution in [2.45, 2.75) is 24.1 Å². The van der Waals surface area contributed by atoms with Gasteiger partial charge in [-0.1, -0.05) is 41.6 Å². The minimum atomic E-state index is -0.293. The Bertz CT molecular complexity index is 883. The highest BCUT2D eigenvalue weighted by molar-refractivity contribution is 8.00. The van der Waals surface area contributed by atoms with E-state index in [0.29, 0.717) is 10.8 Å². The molecule has 4 nitrogen and oxygen atoms in total. The average molecular weight is 358 g/mol. The van der Waals surface area contributed by atoms with Gasteiger partial charge in [0.15, 0.2) is 0 Å². The van der Waals surface area contributed by atoms with E-state index in [-0.39, 0.29) is 11.2 Å². The van der Waals surface area contributed by atoms with Crippen molar-refractivity contribution < 1.29 is 4.79 Å². The molecule has 0 aliphatic rings. The Morgan fingerprint density at radius 1 is 1.12 bits per heavy atom. The molecule has 0 spiro atoms. The second kappa shape index (κ2) is 7.20. The van der Waals surface area contributed by atoms with Gasteiger partial charge in [0.25, 0.3) is 0 Å². The summed E-state index contributed by atoms with van der Waals surface area (Å²) >= 11 is 7.29. The third-order valence-electron chi connectivity index (χ3n) is 3.45. The lowest BCUT2D eigenvalue weighted by Gasteiger charge is -2.13. The predicted molar refractivity (Wildman–Crippen MR) is 99.7 cm³/mol. The molecule has 0 radical (unpaired) electrons. The van der Waals surface area contributed by atoms with Crippen LogP contribution in [0.5, 0.6) is 0 Å². The Balaban J connectivity index is 1.78. The SMILES string of the molecule is Cc1nc(SC(C)C(=O)Nc2ccc(Cl)cc2)c2ccccc2n1. The number of amides is 1. The first-order chi connectivity index (χ1) is 11.5. The number of rotatable bonds is 4. The molecular weight excluding hydrogens is 342 g/mol. The number of fused-ring (bicyclic) bond motifs is 1. The van der Waals surface area contributed by atoms with Gasteiger partial charge in [-0.25, -0.2) is 9.97 Å². The number of benzene rings is 2. The molecule has 0 saturated heterocycles. The number of aryl methyl sites for hydroxylation is 1. The van der Waals surface area contributed by atoms with Crippen molar-refractivity contribution in [1.29, 1.82) is 0 Å². The topological polar surface area (TPSA) is 54.9 Å². The molecule has 1 N–H and O–H groups in total. The summed E-state index contributed by atoms with van der Waals surface area (Å²) in [6.07, 6.45) is 0. The smallest absolute Gasteiger partial charge is 0.237 e. The summed E-state index contributed by atoms with van der Waals surface area (Å²) in [5.41, 5.74) is 1.61. The van der Waals surface area contributed by atoms with E-state index in [1.165, 1.54) is 11.8 Å². The predicted octanol–water partition coefficient (Wildman–Crippen LogP) is 4.71. The quantitative estimate of drug-likeness (QED) is 0.542. The average Bonchev–Trinajstić information content (AvgIpc) is 2.56. The summed E-state index contributed by atoms with van der Waals surface area (Å²) in [5, 5.41) is 5.01. The van der Waals surface area contributed by atoms with Crippen LogP contribution in [0.15, 0.2) is 53.6 Å². The van der Waals surface area contributed by atoms with Gasteiger partial charge in [0.2, 0.25) is 5.91 Å². The van der Waals surface area contributed by atoms with Gasteiger partial charge in [0.05, 0.1) is 10.8 Å². The second-order valence-electron chi connectivity index (χ2n) is 5.35. The number of para-hydroxylation sites is 1. The first kappa shape index (κ1) is 16.7. The van der Waals surface area contributed by atoms with Gasteiger partial charge in [-0.15, -0.1) is 0 Å². The van der Waals surface area contributed by atoms with Gasteiger partial charge in [-0.05, 0) is 44.2 Å². The molecule has 0 saturated carbocycles. The molecule has 0 bridgehead atoms. The highest BCUT2D eigenvalue weighted by atomic mass is 35.5. The normalized spacial score (nSPS) is 12.1. The Morgan fingerprint density at radius 2 is 1.83 bits per heavy atom. The number of carbonyl (C=O) groups is 1. The number of halogens is 1. The molecular formula is C18H16ClN3OS. The van der Waals surface area contributed by atoms with E-state index in [2.05, 4.69) is 15.3 Å². The molecule has 1 unspecified atom stereocenters. The number of nitrogens with one attached hydrogen (secondary N) is 1. The van der Waals surface area contributed by atoms with Crippen molar-refractivity contribution in [2.24, 2.45) is 0 Å². The summed E-state index contributed by atoms with van der Waals surface area (Å²) in [5.74, 6) is 0.615. The first-order valence-electron chi connectivity index (χ1n) is 7.49. The molecule has 3 rings (SSSR count). The van der Waals surface area contributed by atoms with Crippen LogP contribution in [-0.2, 0) is 4.79 Å². The van der Waals surface area contributed by atoms with Crippen molar-refractivity contribution in [1.82, 2.24) is 9.97 Å². The van der Waals surface area contributed by atoms with Gasteiger partial charge in [-0.3, -0.25) is 4.79 Å². The minimum Gasteiger partial charge on any atom is -0.325 e. The summed E-state index contributed by atoms with van der Waals surface area (Å²) in [7, 11) is 0. The minimum absolute atomic E-state index is 0.0809. The van der Waals surface area contributed by atoms with Crippen LogP contribution in [0.4, 0.5) is 5.69 Å². The largest absolute Gasteiger partial charge is 0.325 e. The standard InChI is InChI=1S/C18H16ClN3OS/c1-11(17(23)22-14-9-7-13(19)8-10-14)24-18-15-5-3-4-6-16(15)20-12(2)21-18/h3-11H,1-2H3,(H,22,23). The number of hydrogen-bond acceptors (Lipinski definition) is 4. The maximum absolute atomic E-state index is 12.4. The van der Waals surface area contributed by atoms with Gasteiger partial charge in [0.1, 0.15) is 10.9 Å². The monoisotopic (exact) mass is 357 g/mol. The summed E-state index contributed by atoms with van der Waals surface area (Å²) < 4.78 is 0. The number of carbonyl (C=O) groups excluding carboxylic acids is 1. The van der Waals surface area contributed by atoms with E-state index in [1.807, 2.05) is 38.1 Å². The van der Waals surface area contributed by atoms with E-state index in [1.54, 1.807) is 24.3 Å². The summed E-state index contributed by atoms with van der Waals surface area (Å²) in [6, 6.07) is 14.9. The van der Waals surface area contributed by atoms with Crippen molar-refractivity contribution in [2.75, 3.05) is 5.32 Å². The molecule has 1 aromatic heterocycles. The lowest BCUT2D eigenvalue weighted by atomic mass is 10.2. The molecule has 2 aromatic carbocycles. The van der Waals surface area contributed by atoms with E-state index in [9.17, 15) is 4.79 Å². The van der Waals surface area contributed by atoms with Crippen LogP contribution >= 0.6 is 23.4 Å². The van der Waals surface area contributed by atoms with E-state index >= 15 is 0 Å². The fourth-order valence-electron chi connectivity index (χ4n) is 2.25. The molecule has 6 heteroatoms. The number of hydrogen-bond donors (Lipinski definition) is 1. The maximum atomic E-state index is 12.4. The zero-order chi connectivity index (χ0) is 17.1. The Kier molecular flexibility index (Phi) is 5.02. The lowest BCUT2D eigenvalue weighted by Crippen LogP contribution is -2.22. The molecule has 122 valence electrons. The highest BCUT2D eigenvalue weighted by Gasteiger charge is 2.17. The van der Waals surface area contributed by atoms with Crippen LogP contribution in [-0.4, -0.2) is 21.1 Å². The zero-order valence-electron chi connectivity index (χ0n) is 13.3. The Morgan fingerprint density at radius 3 is 2.58 bits per heavy atom. The van der Waals surface area contributed by atoms with E-state index in [0.717, 1.165) is 21.6 Å². The first-order valence-corrected chi connectivity index (χ1v) is 8.75. The third-order valence-corrected chi connectivity index (χ3v) is 4.80. The fourth-order valence-corrected chi connectivity index (χ4v) is 3.36. The fraction of sp³-hybridized carbons (Fsp3) is 0.167. The molecule has 3 aromatic rings. The van der Waals surface area contributed by atoms with Gasteiger partial charge in [-0.2, -0.15) is 0 Å². The van der Waals surface area contributed by atoms with Crippen molar-refractivity contribution >= 4 is 45.9 Å². The maximum Gasteiger partial charge on any atom is 0.237 e. The highest BCUT2D eigenvalue weighted by Crippen LogP contribution is 2.29. The molecule has 1 heterocycles. The van der Waals surface area contributed by atoms with Crippen LogP contribution in [0, 0.1) is 6.92 Å². The van der Waals surface area contributed by atoms with Crippen molar-refractivity contribution in [3.8, 4) is 0 Å². The van der Waals surface area contributed by atoms with Crippen LogP contribution in [0.25, 0.3) is 10.9 Å². The molecule has 1 amide bonds. The van der Waals surface area contributed by atoms with Crippen molar-refractivity contribution in [3.05, 3.63) is 59.4 Å². The van der Waals surface area contributed by atoms with Crippen LogP contribution in [0.1, 0.15) is 12.7 Å². The number of anilines is 1. The van der Waals surface area contributed by atoms with E-state index < -0.39 is 0 Å². The molecule has 1 atom stereocenters. The van der Waals surface area contributed by atoms with Crippen LogP contribution in [0.2, 0.25) is 5.02 Å². The second-order valence-corrected chi connectivity index (χ2v) is 7.12. The zero-order valence-corrected chi connectivity index (χ0v) is 14.9.